The van der Waals surface area contributed by atoms with Crippen LogP contribution in [0.2, 0.25) is 0 Å². The Balaban J connectivity index is 1.98. The molecular weight excluding hydrogens is 228 g/mol. The van der Waals surface area contributed by atoms with Crippen LogP contribution in [0.15, 0.2) is 40.1 Å². The monoisotopic (exact) mass is 244 g/mol. The Morgan fingerprint density at radius 1 is 1.22 bits per heavy atom. The fourth-order valence-corrected chi connectivity index (χ4v) is 2.63. The lowest BCUT2D eigenvalue weighted by Crippen LogP contribution is -2.10. The second-order valence-electron chi connectivity index (χ2n) is 4.84. The van der Waals surface area contributed by atoms with Crippen LogP contribution in [0.4, 0.5) is 0 Å². The van der Waals surface area contributed by atoms with E-state index in [1.54, 1.807) is 12.5 Å². The SMILES string of the molecule is O=c1cc(-n2ccnc2)cc(C2CCCCC2)o1. The summed E-state index contributed by atoms with van der Waals surface area (Å²) in [5.41, 5.74) is 0.561. The van der Waals surface area contributed by atoms with Crippen LogP contribution in [-0.4, -0.2) is 9.55 Å². The molecule has 2 aromatic heterocycles. The summed E-state index contributed by atoms with van der Waals surface area (Å²) >= 11 is 0. The Labute approximate surface area is 105 Å². The maximum Gasteiger partial charge on any atom is 0.337 e. The van der Waals surface area contributed by atoms with Gasteiger partial charge < -0.3 is 8.98 Å². The van der Waals surface area contributed by atoms with E-state index in [9.17, 15) is 4.79 Å². The zero-order valence-electron chi connectivity index (χ0n) is 10.2. The molecule has 0 unspecified atom stereocenters. The van der Waals surface area contributed by atoms with E-state index in [0.717, 1.165) is 24.3 Å². The number of hydrogen-bond acceptors (Lipinski definition) is 3. The van der Waals surface area contributed by atoms with Crippen LogP contribution < -0.4 is 5.63 Å². The van der Waals surface area contributed by atoms with Crippen LogP contribution in [0, 0.1) is 0 Å². The summed E-state index contributed by atoms with van der Waals surface area (Å²) < 4.78 is 7.20. The van der Waals surface area contributed by atoms with Crippen molar-refractivity contribution in [1.82, 2.24) is 9.55 Å². The van der Waals surface area contributed by atoms with Crippen molar-refractivity contribution in [3.63, 3.8) is 0 Å². The van der Waals surface area contributed by atoms with Crippen molar-refractivity contribution in [3.8, 4) is 5.69 Å². The molecule has 0 aromatic carbocycles. The van der Waals surface area contributed by atoms with Crippen molar-refractivity contribution in [2.75, 3.05) is 0 Å². The maximum atomic E-state index is 11.6. The molecule has 1 aliphatic carbocycles. The smallest absolute Gasteiger partial charge is 0.337 e. The lowest BCUT2D eigenvalue weighted by atomic mass is 9.87. The molecule has 0 N–H and O–H groups in total. The molecule has 0 atom stereocenters. The van der Waals surface area contributed by atoms with E-state index in [2.05, 4.69) is 4.98 Å². The Bertz CT molecular complexity index is 566. The van der Waals surface area contributed by atoms with Crippen molar-refractivity contribution < 1.29 is 4.42 Å². The average Bonchev–Trinajstić information content (AvgIpc) is 2.93. The van der Waals surface area contributed by atoms with Crippen molar-refractivity contribution in [1.29, 1.82) is 0 Å². The quantitative estimate of drug-likeness (QED) is 0.816. The van der Waals surface area contributed by atoms with E-state index in [-0.39, 0.29) is 5.63 Å². The van der Waals surface area contributed by atoms with Crippen LogP contribution in [0.3, 0.4) is 0 Å². The van der Waals surface area contributed by atoms with E-state index >= 15 is 0 Å². The molecule has 0 aliphatic heterocycles. The van der Waals surface area contributed by atoms with Gasteiger partial charge in [0.1, 0.15) is 5.76 Å². The number of rotatable bonds is 2. The summed E-state index contributed by atoms with van der Waals surface area (Å²) in [5.74, 6) is 1.22. The van der Waals surface area contributed by atoms with Crippen LogP contribution in [0.25, 0.3) is 5.69 Å². The lowest BCUT2D eigenvalue weighted by molar-refractivity contribution is 0.355. The van der Waals surface area contributed by atoms with Gasteiger partial charge in [-0.25, -0.2) is 9.78 Å². The molecule has 3 rings (SSSR count). The van der Waals surface area contributed by atoms with Crippen LogP contribution in [0.1, 0.15) is 43.8 Å². The van der Waals surface area contributed by atoms with Crippen LogP contribution >= 0.6 is 0 Å². The highest BCUT2D eigenvalue weighted by Crippen LogP contribution is 2.32. The highest BCUT2D eigenvalue weighted by molar-refractivity contribution is 5.31. The minimum Gasteiger partial charge on any atom is -0.427 e. The van der Waals surface area contributed by atoms with Gasteiger partial charge in [0.2, 0.25) is 0 Å². The number of nitrogens with zero attached hydrogens (tertiary/aromatic N) is 2. The molecule has 0 amide bonds. The second-order valence-corrected chi connectivity index (χ2v) is 4.84. The Morgan fingerprint density at radius 2 is 2.06 bits per heavy atom. The molecular formula is C14H16N2O2. The molecule has 94 valence electrons. The molecule has 4 nitrogen and oxygen atoms in total. The summed E-state index contributed by atoms with van der Waals surface area (Å²) in [6.07, 6.45) is 11.2. The van der Waals surface area contributed by atoms with E-state index in [4.69, 9.17) is 4.42 Å². The van der Waals surface area contributed by atoms with Crippen LogP contribution in [-0.2, 0) is 0 Å². The minimum atomic E-state index is -0.276. The first-order valence-corrected chi connectivity index (χ1v) is 6.46. The van der Waals surface area contributed by atoms with Gasteiger partial charge in [0.25, 0.3) is 0 Å². The Kier molecular flexibility index (Phi) is 3.00. The van der Waals surface area contributed by atoms with Gasteiger partial charge in [-0.1, -0.05) is 19.3 Å². The fourth-order valence-electron chi connectivity index (χ4n) is 2.63. The van der Waals surface area contributed by atoms with E-state index in [1.807, 2.05) is 16.8 Å². The summed E-state index contributed by atoms with van der Waals surface area (Å²) in [5, 5.41) is 0. The van der Waals surface area contributed by atoms with Gasteiger partial charge in [0, 0.05) is 30.4 Å². The van der Waals surface area contributed by atoms with E-state index < -0.39 is 0 Å². The molecule has 2 aromatic rings. The predicted octanol–water partition coefficient (Wildman–Crippen LogP) is 2.87. The van der Waals surface area contributed by atoms with Gasteiger partial charge in [-0.3, -0.25) is 0 Å². The number of hydrogen-bond donors (Lipinski definition) is 0. The molecule has 0 spiro atoms. The average molecular weight is 244 g/mol. The molecule has 1 saturated carbocycles. The number of aromatic nitrogens is 2. The van der Waals surface area contributed by atoms with Gasteiger partial charge in [0.15, 0.2) is 0 Å². The molecule has 1 fully saturated rings. The highest BCUT2D eigenvalue weighted by Gasteiger charge is 2.18. The molecule has 18 heavy (non-hydrogen) atoms. The molecule has 4 heteroatoms. The molecule has 1 aliphatic rings. The minimum absolute atomic E-state index is 0.276. The van der Waals surface area contributed by atoms with Gasteiger partial charge in [-0.05, 0) is 12.8 Å². The Morgan fingerprint density at radius 3 is 2.78 bits per heavy atom. The summed E-state index contributed by atoms with van der Waals surface area (Å²) in [7, 11) is 0. The summed E-state index contributed by atoms with van der Waals surface area (Å²) in [6, 6.07) is 3.48. The van der Waals surface area contributed by atoms with Crippen molar-refractivity contribution in [3.05, 3.63) is 47.0 Å². The van der Waals surface area contributed by atoms with Gasteiger partial charge in [0.05, 0.1) is 12.0 Å². The summed E-state index contributed by atoms with van der Waals surface area (Å²) in [6.45, 7) is 0. The second kappa shape index (κ2) is 4.80. The maximum absolute atomic E-state index is 11.6. The third-order valence-electron chi connectivity index (χ3n) is 3.58. The standard InChI is InChI=1S/C14H16N2O2/c17-14-9-12(16-7-6-15-10-16)8-13(18-14)11-4-2-1-3-5-11/h6-11H,1-5H2. The van der Waals surface area contributed by atoms with Crippen LogP contribution in [0.5, 0.6) is 0 Å². The first kappa shape index (κ1) is 11.3. The first-order chi connectivity index (χ1) is 8.83. The van der Waals surface area contributed by atoms with E-state index in [0.29, 0.717) is 5.92 Å². The summed E-state index contributed by atoms with van der Waals surface area (Å²) in [4.78, 5) is 15.6. The molecule has 0 bridgehead atoms. The van der Waals surface area contributed by atoms with Crippen molar-refractivity contribution >= 4 is 0 Å². The highest BCUT2D eigenvalue weighted by atomic mass is 16.4. The normalized spacial score (nSPS) is 16.9. The first-order valence-electron chi connectivity index (χ1n) is 6.46. The van der Waals surface area contributed by atoms with Gasteiger partial charge >= 0.3 is 5.63 Å². The largest absolute Gasteiger partial charge is 0.427 e. The zero-order valence-corrected chi connectivity index (χ0v) is 10.2. The van der Waals surface area contributed by atoms with Crippen molar-refractivity contribution in [2.24, 2.45) is 0 Å². The fraction of sp³-hybridized carbons (Fsp3) is 0.429. The molecule has 2 heterocycles. The topological polar surface area (TPSA) is 48.0 Å². The zero-order chi connectivity index (χ0) is 12.4. The third kappa shape index (κ3) is 2.23. The third-order valence-corrected chi connectivity index (χ3v) is 3.58. The molecule has 0 saturated heterocycles. The van der Waals surface area contributed by atoms with E-state index in [1.165, 1.54) is 25.3 Å². The van der Waals surface area contributed by atoms with Gasteiger partial charge in [-0.15, -0.1) is 0 Å². The predicted molar refractivity (Wildman–Crippen MR) is 67.9 cm³/mol. The van der Waals surface area contributed by atoms with Gasteiger partial charge in [-0.2, -0.15) is 0 Å². The number of imidazole rings is 1. The molecule has 0 radical (unpaired) electrons. The Hall–Kier alpha value is -1.84. The van der Waals surface area contributed by atoms with Crippen molar-refractivity contribution in [2.45, 2.75) is 38.0 Å². The lowest BCUT2D eigenvalue weighted by Gasteiger charge is -2.20.